The highest BCUT2D eigenvalue weighted by Crippen LogP contribution is 2.25. The van der Waals surface area contributed by atoms with E-state index in [1.807, 2.05) is 24.7 Å². The molecule has 0 spiro atoms. The Kier molecular flexibility index (Phi) is 3.60. The molecule has 0 saturated heterocycles. The maximum absolute atomic E-state index is 10.9. The molecule has 0 amide bonds. The van der Waals surface area contributed by atoms with E-state index in [2.05, 4.69) is 30.2 Å². The zero-order chi connectivity index (χ0) is 13.1. The molecule has 94 valence electrons. The average molecular weight is 242 g/mol. The monoisotopic (exact) mass is 242 g/mol. The smallest absolute Gasteiger partial charge is 0.163 e. The number of aromatic nitrogens is 2. The zero-order valence-corrected chi connectivity index (χ0v) is 11.1. The molecular weight excluding hydrogens is 224 g/mol. The van der Waals surface area contributed by atoms with Crippen LogP contribution in [0, 0.1) is 0 Å². The summed E-state index contributed by atoms with van der Waals surface area (Å²) >= 11 is 0. The Hall–Kier alpha value is -1.90. The highest BCUT2D eigenvalue weighted by atomic mass is 16.1. The van der Waals surface area contributed by atoms with E-state index in [9.17, 15) is 4.79 Å². The fourth-order valence-electron chi connectivity index (χ4n) is 1.98. The Morgan fingerprint density at radius 3 is 2.67 bits per heavy atom. The van der Waals surface area contributed by atoms with Gasteiger partial charge >= 0.3 is 0 Å². The first-order valence-electron chi connectivity index (χ1n) is 6.48. The first kappa shape index (κ1) is 12.6. The lowest BCUT2D eigenvalue weighted by Crippen LogP contribution is -2.13. The van der Waals surface area contributed by atoms with Crippen LogP contribution in [0.25, 0.3) is 16.6 Å². The summed E-state index contributed by atoms with van der Waals surface area (Å²) in [5, 5.41) is 5.45. The van der Waals surface area contributed by atoms with Gasteiger partial charge in [0.25, 0.3) is 0 Å². The predicted octanol–water partition coefficient (Wildman–Crippen LogP) is 3.44. The van der Waals surface area contributed by atoms with Crippen molar-refractivity contribution in [3.63, 3.8) is 0 Å². The number of rotatable bonds is 2. The molecule has 18 heavy (non-hydrogen) atoms. The molecule has 0 radical (unpaired) electrons. The summed E-state index contributed by atoms with van der Waals surface area (Å²) in [5.41, 5.74) is 3.38. The van der Waals surface area contributed by atoms with Gasteiger partial charge in [-0.3, -0.25) is 4.79 Å². The van der Waals surface area contributed by atoms with Crippen molar-refractivity contribution in [1.82, 2.24) is 9.78 Å². The van der Waals surface area contributed by atoms with Crippen LogP contribution in [0.1, 0.15) is 32.8 Å². The van der Waals surface area contributed by atoms with Crippen LogP contribution in [0.2, 0.25) is 0 Å². The highest BCUT2D eigenvalue weighted by molar-refractivity contribution is 6.08. The lowest BCUT2D eigenvalue weighted by atomic mass is 10.0. The second-order valence-electron chi connectivity index (χ2n) is 4.08. The van der Waals surface area contributed by atoms with Gasteiger partial charge in [-0.15, -0.1) is 0 Å². The molecule has 1 aromatic carbocycles. The fraction of sp³-hybridized carbons (Fsp3) is 0.333. The number of carbonyl (C=O) groups excluding carboxylic acids is 1. The lowest BCUT2D eigenvalue weighted by Gasteiger charge is -2.14. The summed E-state index contributed by atoms with van der Waals surface area (Å²) in [5.74, 6) is 0.185. The van der Waals surface area contributed by atoms with Crippen LogP contribution >= 0.6 is 0 Å². The predicted molar refractivity (Wildman–Crippen MR) is 74.4 cm³/mol. The van der Waals surface area contributed by atoms with Crippen molar-refractivity contribution in [2.24, 2.45) is 0 Å². The van der Waals surface area contributed by atoms with Crippen LogP contribution in [0.3, 0.4) is 0 Å². The van der Waals surface area contributed by atoms with Gasteiger partial charge in [0.1, 0.15) is 0 Å². The van der Waals surface area contributed by atoms with E-state index in [4.69, 9.17) is 0 Å². The molecule has 2 aromatic rings. The highest BCUT2D eigenvalue weighted by Gasteiger charge is 2.19. The van der Waals surface area contributed by atoms with Gasteiger partial charge in [-0.05, 0) is 18.1 Å². The Balaban J connectivity index is 0.000000574. The maximum Gasteiger partial charge on any atom is 0.163 e. The van der Waals surface area contributed by atoms with Gasteiger partial charge in [0.05, 0.1) is 23.8 Å². The molecule has 0 bridgehead atoms. The average Bonchev–Trinajstić information content (AvgIpc) is 2.80. The van der Waals surface area contributed by atoms with Crippen molar-refractivity contribution in [3.8, 4) is 0 Å². The minimum Gasteiger partial charge on any atom is -0.294 e. The molecule has 1 aliphatic carbocycles. The first-order chi connectivity index (χ1) is 8.78. The minimum absolute atomic E-state index is 0.185. The van der Waals surface area contributed by atoms with Gasteiger partial charge in [0, 0.05) is 11.5 Å². The van der Waals surface area contributed by atoms with Crippen LogP contribution < -0.4 is 0 Å². The third kappa shape index (κ3) is 2.08. The van der Waals surface area contributed by atoms with Crippen LogP contribution in [0.15, 0.2) is 30.5 Å². The van der Waals surface area contributed by atoms with Crippen LogP contribution in [0.5, 0.6) is 0 Å². The summed E-state index contributed by atoms with van der Waals surface area (Å²) in [6.07, 6.45) is 5.02. The number of aryl methyl sites for hydroxylation is 1. The lowest BCUT2D eigenvalue weighted by molar-refractivity contribution is -0.114. The molecule has 0 aliphatic heterocycles. The quantitative estimate of drug-likeness (QED) is 0.808. The standard InChI is InChI=1S/C13H12N2O.C2H6/c1-2-9-3-4-10-8-14-15(13(10)5-9)11-6-12(16)7-11;1-2/h3-6,8H,2,7H2,1H3;1-2H3. The third-order valence-electron chi connectivity index (χ3n) is 3.00. The molecule has 0 unspecified atom stereocenters. The van der Waals surface area contributed by atoms with Gasteiger partial charge < -0.3 is 0 Å². The normalized spacial score (nSPS) is 13.7. The van der Waals surface area contributed by atoms with E-state index in [1.165, 1.54) is 5.56 Å². The number of nitrogens with zero attached hydrogens (tertiary/aromatic N) is 2. The van der Waals surface area contributed by atoms with E-state index in [-0.39, 0.29) is 5.78 Å². The molecule has 0 atom stereocenters. The Bertz CT molecular complexity index is 608. The minimum atomic E-state index is 0.185. The molecule has 1 aromatic heterocycles. The second kappa shape index (κ2) is 5.17. The van der Waals surface area contributed by atoms with E-state index < -0.39 is 0 Å². The molecule has 3 nitrogen and oxygen atoms in total. The van der Waals surface area contributed by atoms with Gasteiger partial charge in [-0.25, -0.2) is 4.68 Å². The van der Waals surface area contributed by atoms with Crippen LogP contribution in [-0.4, -0.2) is 15.6 Å². The number of carbonyl (C=O) groups is 1. The molecule has 0 fully saturated rings. The molecule has 1 aliphatic rings. The van der Waals surface area contributed by atoms with Crippen LogP contribution in [0.4, 0.5) is 0 Å². The SMILES string of the molecule is CC.CCc1ccc2cnn(C3=CC(=O)C3)c2c1. The number of allylic oxidation sites excluding steroid dienone is 2. The molecule has 3 heteroatoms. The topological polar surface area (TPSA) is 34.9 Å². The van der Waals surface area contributed by atoms with Gasteiger partial charge in [-0.1, -0.05) is 32.9 Å². The van der Waals surface area contributed by atoms with E-state index >= 15 is 0 Å². The van der Waals surface area contributed by atoms with Crippen LogP contribution in [-0.2, 0) is 11.2 Å². The van der Waals surface area contributed by atoms with Crippen molar-refractivity contribution in [3.05, 3.63) is 36.0 Å². The Labute approximate surface area is 107 Å². The maximum atomic E-state index is 10.9. The van der Waals surface area contributed by atoms with Gasteiger partial charge in [-0.2, -0.15) is 5.10 Å². The van der Waals surface area contributed by atoms with Crippen molar-refractivity contribution in [1.29, 1.82) is 0 Å². The Morgan fingerprint density at radius 1 is 1.33 bits per heavy atom. The number of fused-ring (bicyclic) bond motifs is 1. The molecule has 3 rings (SSSR count). The number of hydrogen-bond acceptors (Lipinski definition) is 2. The zero-order valence-electron chi connectivity index (χ0n) is 11.1. The summed E-state index contributed by atoms with van der Waals surface area (Å²) in [6.45, 7) is 6.13. The van der Waals surface area contributed by atoms with Gasteiger partial charge in [0.15, 0.2) is 5.78 Å². The first-order valence-corrected chi connectivity index (χ1v) is 6.48. The van der Waals surface area contributed by atoms with E-state index in [0.717, 1.165) is 23.0 Å². The molecule has 1 heterocycles. The Morgan fingerprint density at radius 2 is 2.06 bits per heavy atom. The molecular formula is C15H18N2O. The van der Waals surface area contributed by atoms with Crippen molar-refractivity contribution in [2.75, 3.05) is 0 Å². The summed E-state index contributed by atoms with van der Waals surface area (Å²) in [6, 6.07) is 6.35. The van der Waals surface area contributed by atoms with E-state index in [0.29, 0.717) is 6.42 Å². The fourth-order valence-corrected chi connectivity index (χ4v) is 1.98. The number of hydrogen-bond donors (Lipinski definition) is 0. The summed E-state index contributed by atoms with van der Waals surface area (Å²) in [4.78, 5) is 10.9. The number of ketones is 1. The summed E-state index contributed by atoms with van der Waals surface area (Å²) in [7, 11) is 0. The largest absolute Gasteiger partial charge is 0.294 e. The molecule has 0 N–H and O–H groups in total. The van der Waals surface area contributed by atoms with Crippen molar-refractivity contribution >= 4 is 22.4 Å². The number of benzene rings is 1. The second-order valence-corrected chi connectivity index (χ2v) is 4.08. The third-order valence-corrected chi connectivity index (χ3v) is 3.00. The van der Waals surface area contributed by atoms with Gasteiger partial charge in [0.2, 0.25) is 0 Å². The van der Waals surface area contributed by atoms with E-state index in [1.54, 1.807) is 6.08 Å². The summed E-state index contributed by atoms with van der Waals surface area (Å²) < 4.78 is 1.87. The van der Waals surface area contributed by atoms with Crippen molar-refractivity contribution in [2.45, 2.75) is 33.6 Å². The van der Waals surface area contributed by atoms with Crippen molar-refractivity contribution < 1.29 is 4.79 Å². The molecule has 0 saturated carbocycles.